The van der Waals surface area contributed by atoms with Crippen molar-refractivity contribution >= 4 is 5.96 Å². The van der Waals surface area contributed by atoms with E-state index in [1.807, 2.05) is 63.2 Å². The molecule has 1 heterocycles. The van der Waals surface area contributed by atoms with E-state index in [0.29, 0.717) is 25.6 Å². The largest absolute Gasteiger partial charge is 0.489 e. The average Bonchev–Trinajstić information content (AvgIpc) is 3.07. The van der Waals surface area contributed by atoms with Gasteiger partial charge in [-0.15, -0.1) is 0 Å². The number of guanidine groups is 1. The van der Waals surface area contributed by atoms with Gasteiger partial charge in [-0.3, -0.25) is 0 Å². The Hall–Kier alpha value is -3.28. The molecule has 3 rings (SSSR count). The third-order valence-electron chi connectivity index (χ3n) is 4.42. The summed E-state index contributed by atoms with van der Waals surface area (Å²) in [5.41, 5.74) is 3.18. The summed E-state index contributed by atoms with van der Waals surface area (Å²) >= 11 is 0. The lowest BCUT2D eigenvalue weighted by Gasteiger charge is -2.10. The fraction of sp³-hybridized carbons (Fsp3) is 0.304. The summed E-state index contributed by atoms with van der Waals surface area (Å²) in [5.74, 6) is 3.08. The summed E-state index contributed by atoms with van der Waals surface area (Å²) in [6, 6.07) is 18.2. The first-order chi connectivity index (χ1) is 14.1. The predicted octanol–water partition coefficient (Wildman–Crippen LogP) is 4.13. The SMILES string of the molecule is CCNC(=NCc1ccc(OCc2ccccc2)cc1)NCc1nc(C)c(C)o1. The van der Waals surface area contributed by atoms with Crippen molar-refractivity contribution < 1.29 is 9.15 Å². The van der Waals surface area contributed by atoms with E-state index >= 15 is 0 Å². The van der Waals surface area contributed by atoms with E-state index in [-0.39, 0.29) is 0 Å². The second-order valence-corrected chi connectivity index (χ2v) is 6.72. The molecule has 0 spiro atoms. The minimum atomic E-state index is 0.493. The standard InChI is InChI=1S/C23H28N4O2/c1-4-24-23(26-15-22-27-17(2)18(3)29-22)25-14-19-10-12-21(13-11-19)28-16-20-8-6-5-7-9-20/h5-13H,4,14-16H2,1-3H3,(H2,24,25,26). The second kappa shape index (κ2) is 10.3. The molecule has 1 aromatic heterocycles. The van der Waals surface area contributed by atoms with Gasteiger partial charge in [-0.25, -0.2) is 9.98 Å². The lowest BCUT2D eigenvalue weighted by molar-refractivity contribution is 0.306. The van der Waals surface area contributed by atoms with Crippen LogP contribution in [0.3, 0.4) is 0 Å². The number of aryl methyl sites for hydroxylation is 2. The minimum absolute atomic E-state index is 0.493. The Balaban J connectivity index is 1.52. The third kappa shape index (κ3) is 6.38. The molecule has 152 valence electrons. The lowest BCUT2D eigenvalue weighted by Crippen LogP contribution is -2.36. The van der Waals surface area contributed by atoms with Crippen LogP contribution in [0, 0.1) is 13.8 Å². The molecule has 0 fully saturated rings. The predicted molar refractivity (Wildman–Crippen MR) is 115 cm³/mol. The molecule has 6 heteroatoms. The van der Waals surface area contributed by atoms with Crippen LogP contribution in [0.25, 0.3) is 0 Å². The van der Waals surface area contributed by atoms with Crippen LogP contribution in [0.1, 0.15) is 35.4 Å². The van der Waals surface area contributed by atoms with Gasteiger partial charge in [0.15, 0.2) is 5.96 Å². The minimum Gasteiger partial charge on any atom is -0.489 e. The number of ether oxygens (including phenoxy) is 1. The first kappa shape index (κ1) is 20.5. The maximum absolute atomic E-state index is 5.83. The van der Waals surface area contributed by atoms with Gasteiger partial charge in [0.1, 0.15) is 18.1 Å². The van der Waals surface area contributed by atoms with Crippen LogP contribution < -0.4 is 15.4 Å². The van der Waals surface area contributed by atoms with Gasteiger partial charge in [0.25, 0.3) is 0 Å². The van der Waals surface area contributed by atoms with E-state index in [9.17, 15) is 0 Å². The molecule has 0 radical (unpaired) electrons. The van der Waals surface area contributed by atoms with Crippen LogP contribution in [-0.2, 0) is 19.7 Å². The Bertz CT molecular complexity index is 898. The van der Waals surface area contributed by atoms with Gasteiger partial charge in [-0.2, -0.15) is 0 Å². The van der Waals surface area contributed by atoms with Gasteiger partial charge in [0, 0.05) is 6.54 Å². The van der Waals surface area contributed by atoms with Crippen molar-refractivity contribution in [3.05, 3.63) is 83.1 Å². The number of oxazole rings is 1. The van der Waals surface area contributed by atoms with Gasteiger partial charge < -0.3 is 19.8 Å². The summed E-state index contributed by atoms with van der Waals surface area (Å²) in [6.45, 7) is 8.29. The molecule has 0 amide bonds. The van der Waals surface area contributed by atoms with Gasteiger partial charge in [0.05, 0.1) is 18.8 Å². The van der Waals surface area contributed by atoms with Crippen molar-refractivity contribution in [1.29, 1.82) is 0 Å². The average molecular weight is 393 g/mol. The number of aliphatic imine (C=N–C) groups is 1. The van der Waals surface area contributed by atoms with Gasteiger partial charge >= 0.3 is 0 Å². The number of aromatic nitrogens is 1. The number of benzene rings is 2. The van der Waals surface area contributed by atoms with Crippen LogP contribution >= 0.6 is 0 Å². The van der Waals surface area contributed by atoms with E-state index in [1.54, 1.807) is 0 Å². The first-order valence-electron chi connectivity index (χ1n) is 9.85. The molecule has 6 nitrogen and oxygen atoms in total. The highest BCUT2D eigenvalue weighted by atomic mass is 16.5. The fourth-order valence-corrected chi connectivity index (χ4v) is 2.72. The zero-order valence-corrected chi connectivity index (χ0v) is 17.2. The van der Waals surface area contributed by atoms with Crippen LogP contribution in [0.5, 0.6) is 5.75 Å². The molecule has 0 saturated carbocycles. The highest BCUT2D eigenvalue weighted by Crippen LogP contribution is 2.15. The van der Waals surface area contributed by atoms with Crippen molar-refractivity contribution in [2.75, 3.05) is 6.54 Å². The fourth-order valence-electron chi connectivity index (χ4n) is 2.72. The van der Waals surface area contributed by atoms with Gasteiger partial charge in [-0.05, 0) is 44.0 Å². The molecule has 2 aromatic carbocycles. The van der Waals surface area contributed by atoms with Crippen LogP contribution in [0.4, 0.5) is 0 Å². The van der Waals surface area contributed by atoms with Crippen LogP contribution in [-0.4, -0.2) is 17.5 Å². The lowest BCUT2D eigenvalue weighted by atomic mass is 10.2. The smallest absolute Gasteiger partial charge is 0.214 e. The van der Waals surface area contributed by atoms with Crippen molar-refractivity contribution in [1.82, 2.24) is 15.6 Å². The monoisotopic (exact) mass is 392 g/mol. The molecular weight excluding hydrogens is 364 g/mol. The van der Waals surface area contributed by atoms with Crippen molar-refractivity contribution in [3.8, 4) is 5.75 Å². The number of hydrogen-bond donors (Lipinski definition) is 2. The molecule has 2 N–H and O–H groups in total. The summed E-state index contributed by atoms with van der Waals surface area (Å²) in [5, 5.41) is 6.49. The Kier molecular flexibility index (Phi) is 7.28. The molecule has 0 saturated heterocycles. The second-order valence-electron chi connectivity index (χ2n) is 6.72. The van der Waals surface area contributed by atoms with Crippen molar-refractivity contribution in [3.63, 3.8) is 0 Å². The zero-order valence-electron chi connectivity index (χ0n) is 17.2. The molecule has 3 aromatic rings. The van der Waals surface area contributed by atoms with Crippen LogP contribution in [0.15, 0.2) is 64.0 Å². The maximum Gasteiger partial charge on any atom is 0.214 e. The molecule has 29 heavy (non-hydrogen) atoms. The van der Waals surface area contributed by atoms with E-state index in [1.165, 1.54) is 0 Å². The summed E-state index contributed by atoms with van der Waals surface area (Å²) in [6.07, 6.45) is 0. The number of hydrogen-bond acceptors (Lipinski definition) is 4. The molecule has 0 aliphatic heterocycles. The molecule has 0 atom stereocenters. The zero-order chi connectivity index (χ0) is 20.5. The van der Waals surface area contributed by atoms with E-state index in [2.05, 4.69) is 32.7 Å². The number of nitrogens with one attached hydrogen (secondary N) is 2. The Morgan fingerprint density at radius 3 is 2.41 bits per heavy atom. The number of nitrogens with zero attached hydrogens (tertiary/aromatic N) is 2. The highest BCUT2D eigenvalue weighted by molar-refractivity contribution is 5.79. The van der Waals surface area contributed by atoms with E-state index in [0.717, 1.165) is 40.8 Å². The summed E-state index contributed by atoms with van der Waals surface area (Å²) in [7, 11) is 0. The Morgan fingerprint density at radius 1 is 1.00 bits per heavy atom. The first-order valence-corrected chi connectivity index (χ1v) is 9.85. The normalized spacial score (nSPS) is 11.3. The molecular formula is C23H28N4O2. The Morgan fingerprint density at radius 2 is 1.76 bits per heavy atom. The number of rotatable bonds is 8. The van der Waals surface area contributed by atoms with Crippen LogP contribution in [0.2, 0.25) is 0 Å². The maximum atomic E-state index is 5.83. The molecule has 0 aliphatic rings. The Labute approximate surface area is 172 Å². The molecule has 0 unspecified atom stereocenters. The summed E-state index contributed by atoms with van der Waals surface area (Å²) in [4.78, 5) is 9.02. The van der Waals surface area contributed by atoms with Gasteiger partial charge in [-0.1, -0.05) is 42.5 Å². The van der Waals surface area contributed by atoms with Crippen molar-refractivity contribution in [2.24, 2.45) is 4.99 Å². The quantitative estimate of drug-likeness (QED) is 0.446. The molecule has 0 aliphatic carbocycles. The third-order valence-corrected chi connectivity index (χ3v) is 4.42. The highest BCUT2D eigenvalue weighted by Gasteiger charge is 2.06. The topological polar surface area (TPSA) is 71.7 Å². The van der Waals surface area contributed by atoms with Gasteiger partial charge in [0.2, 0.25) is 5.89 Å². The summed E-state index contributed by atoms with van der Waals surface area (Å²) < 4.78 is 11.4. The van der Waals surface area contributed by atoms with Crippen molar-refractivity contribution in [2.45, 2.75) is 40.5 Å². The van der Waals surface area contributed by atoms with E-state index in [4.69, 9.17) is 9.15 Å². The molecule has 0 bridgehead atoms. The van der Waals surface area contributed by atoms with E-state index < -0.39 is 0 Å².